The fraction of sp³-hybridized carbons (Fsp3) is 0.278. The molecule has 1 aromatic carbocycles. The number of pyridine rings is 1. The zero-order valence-electron chi connectivity index (χ0n) is 13.9. The number of hydrogen-bond acceptors (Lipinski definition) is 4. The summed E-state index contributed by atoms with van der Waals surface area (Å²) in [5.41, 5.74) is 4.26. The Labute approximate surface area is 140 Å². The first-order valence-corrected chi connectivity index (χ1v) is 7.69. The third-order valence-electron chi connectivity index (χ3n) is 3.52. The van der Waals surface area contributed by atoms with Crippen molar-refractivity contribution in [2.75, 3.05) is 7.11 Å². The van der Waals surface area contributed by atoms with E-state index in [1.54, 1.807) is 25.4 Å². The van der Waals surface area contributed by atoms with Gasteiger partial charge >= 0.3 is 0 Å². The van der Waals surface area contributed by atoms with Crippen molar-refractivity contribution in [2.45, 2.75) is 26.3 Å². The first-order chi connectivity index (χ1) is 11.6. The van der Waals surface area contributed by atoms with Crippen molar-refractivity contribution < 1.29 is 9.53 Å². The van der Waals surface area contributed by atoms with Crippen molar-refractivity contribution >= 4 is 11.6 Å². The topological polar surface area (TPSA) is 72.7 Å². The number of aryl methyl sites for hydroxylation is 1. The van der Waals surface area contributed by atoms with Gasteiger partial charge in [-0.15, -0.1) is 0 Å². The highest BCUT2D eigenvalue weighted by Gasteiger charge is 2.03. The molecule has 2 aromatic rings. The molecule has 126 valence electrons. The predicted molar refractivity (Wildman–Crippen MR) is 93.3 cm³/mol. The van der Waals surface area contributed by atoms with Gasteiger partial charge in [0.15, 0.2) is 0 Å². The lowest BCUT2D eigenvalue weighted by atomic mass is 10.1. The standard InChI is InChI=1S/C18H21N3O3/c1-14(6-7-15-8-10-16(24-2)11-9-15)19-20-17(22)13-21-12-4-3-5-18(21)23/h3-5,8-12H,6-7,13H2,1-2H3,(H,20,22)/b19-14-. The molecule has 2 rings (SSSR count). The maximum absolute atomic E-state index is 11.8. The van der Waals surface area contributed by atoms with Gasteiger partial charge in [0.25, 0.3) is 11.5 Å². The van der Waals surface area contributed by atoms with Crippen molar-refractivity contribution in [3.63, 3.8) is 0 Å². The van der Waals surface area contributed by atoms with Gasteiger partial charge < -0.3 is 9.30 Å². The van der Waals surface area contributed by atoms with Crippen molar-refractivity contribution in [1.82, 2.24) is 9.99 Å². The van der Waals surface area contributed by atoms with Crippen LogP contribution in [0, 0.1) is 0 Å². The molecule has 6 nitrogen and oxygen atoms in total. The number of carbonyl (C=O) groups excluding carboxylic acids is 1. The quantitative estimate of drug-likeness (QED) is 0.624. The maximum Gasteiger partial charge on any atom is 0.260 e. The van der Waals surface area contributed by atoms with Gasteiger partial charge in [0.1, 0.15) is 12.3 Å². The van der Waals surface area contributed by atoms with E-state index in [4.69, 9.17) is 4.74 Å². The number of nitrogens with zero attached hydrogens (tertiary/aromatic N) is 2. The molecule has 1 amide bonds. The normalized spacial score (nSPS) is 11.2. The number of methoxy groups -OCH3 is 1. The Morgan fingerprint density at radius 3 is 2.62 bits per heavy atom. The fourth-order valence-corrected chi connectivity index (χ4v) is 2.11. The third-order valence-corrected chi connectivity index (χ3v) is 3.52. The Balaban J connectivity index is 1.81. The molecule has 24 heavy (non-hydrogen) atoms. The Kier molecular flexibility index (Phi) is 6.31. The molecule has 0 spiro atoms. The average molecular weight is 327 g/mol. The summed E-state index contributed by atoms with van der Waals surface area (Å²) in [5, 5.41) is 4.08. The van der Waals surface area contributed by atoms with Crippen LogP contribution in [0.15, 0.2) is 58.6 Å². The number of hydrazone groups is 1. The number of rotatable bonds is 7. The van der Waals surface area contributed by atoms with Crippen LogP contribution in [0.2, 0.25) is 0 Å². The van der Waals surface area contributed by atoms with Crippen LogP contribution in [0.25, 0.3) is 0 Å². The smallest absolute Gasteiger partial charge is 0.260 e. The Hall–Kier alpha value is -2.89. The predicted octanol–water partition coefficient (Wildman–Crippen LogP) is 1.98. The van der Waals surface area contributed by atoms with Crippen molar-refractivity contribution in [3.05, 3.63) is 64.6 Å². The van der Waals surface area contributed by atoms with Gasteiger partial charge in [0.2, 0.25) is 0 Å². The van der Waals surface area contributed by atoms with Crippen LogP contribution in [0.3, 0.4) is 0 Å². The molecule has 0 aliphatic carbocycles. The monoisotopic (exact) mass is 327 g/mol. The minimum Gasteiger partial charge on any atom is -0.497 e. The fourth-order valence-electron chi connectivity index (χ4n) is 2.11. The van der Waals surface area contributed by atoms with Crippen LogP contribution in [-0.2, 0) is 17.8 Å². The number of hydrogen-bond donors (Lipinski definition) is 1. The minimum absolute atomic E-state index is 0.0467. The summed E-state index contributed by atoms with van der Waals surface area (Å²) in [6.45, 7) is 1.81. The van der Waals surface area contributed by atoms with E-state index < -0.39 is 0 Å². The molecule has 1 N–H and O–H groups in total. The lowest BCUT2D eigenvalue weighted by Crippen LogP contribution is -2.29. The minimum atomic E-state index is -0.327. The zero-order chi connectivity index (χ0) is 17.4. The van der Waals surface area contributed by atoms with Crippen LogP contribution in [0.5, 0.6) is 5.75 Å². The van der Waals surface area contributed by atoms with Crippen LogP contribution >= 0.6 is 0 Å². The van der Waals surface area contributed by atoms with Gasteiger partial charge in [-0.2, -0.15) is 5.10 Å². The Bertz CT molecular complexity index is 764. The number of aromatic nitrogens is 1. The molecule has 6 heteroatoms. The molecule has 0 saturated heterocycles. The first-order valence-electron chi connectivity index (χ1n) is 7.69. The lowest BCUT2D eigenvalue weighted by molar-refractivity contribution is -0.121. The van der Waals surface area contributed by atoms with E-state index in [0.717, 1.165) is 24.3 Å². The van der Waals surface area contributed by atoms with E-state index in [0.29, 0.717) is 0 Å². The van der Waals surface area contributed by atoms with E-state index in [1.165, 1.54) is 16.2 Å². The van der Waals surface area contributed by atoms with Gasteiger partial charge in [-0.1, -0.05) is 18.2 Å². The molecule has 0 unspecified atom stereocenters. The Morgan fingerprint density at radius 2 is 1.96 bits per heavy atom. The largest absolute Gasteiger partial charge is 0.497 e. The highest BCUT2D eigenvalue weighted by molar-refractivity contribution is 5.84. The zero-order valence-corrected chi connectivity index (χ0v) is 13.9. The van der Waals surface area contributed by atoms with Crippen LogP contribution in [0.4, 0.5) is 0 Å². The number of carbonyl (C=O) groups is 1. The van der Waals surface area contributed by atoms with E-state index in [2.05, 4.69) is 10.5 Å². The molecule has 0 radical (unpaired) electrons. The number of ether oxygens (including phenoxy) is 1. The molecule has 0 fully saturated rings. The summed E-state index contributed by atoms with van der Waals surface area (Å²) >= 11 is 0. The molecule has 0 aliphatic heterocycles. The first kappa shape index (κ1) is 17.5. The van der Waals surface area contributed by atoms with Gasteiger partial charge in [-0.25, -0.2) is 5.43 Å². The van der Waals surface area contributed by atoms with E-state index in [1.807, 2.05) is 31.2 Å². The number of nitrogens with one attached hydrogen (secondary N) is 1. The van der Waals surface area contributed by atoms with Gasteiger partial charge in [-0.3, -0.25) is 9.59 Å². The molecule has 0 saturated carbocycles. The summed E-state index contributed by atoms with van der Waals surface area (Å²) in [4.78, 5) is 23.4. The molecule has 0 bridgehead atoms. The second kappa shape index (κ2) is 8.67. The summed E-state index contributed by atoms with van der Waals surface area (Å²) in [7, 11) is 1.64. The number of amides is 1. The van der Waals surface area contributed by atoms with Gasteiger partial charge in [-0.05, 0) is 43.5 Å². The molecular weight excluding hydrogens is 306 g/mol. The van der Waals surface area contributed by atoms with Crippen LogP contribution < -0.4 is 15.7 Å². The lowest BCUT2D eigenvalue weighted by Gasteiger charge is -2.06. The van der Waals surface area contributed by atoms with E-state index >= 15 is 0 Å². The highest BCUT2D eigenvalue weighted by atomic mass is 16.5. The highest BCUT2D eigenvalue weighted by Crippen LogP contribution is 2.12. The van der Waals surface area contributed by atoms with Crippen LogP contribution in [0.1, 0.15) is 18.9 Å². The summed E-state index contributed by atoms with van der Waals surface area (Å²) < 4.78 is 6.45. The van der Waals surface area contributed by atoms with Crippen molar-refractivity contribution in [2.24, 2.45) is 5.10 Å². The third kappa shape index (κ3) is 5.39. The molecular formula is C18H21N3O3. The van der Waals surface area contributed by atoms with E-state index in [9.17, 15) is 9.59 Å². The second-order valence-electron chi connectivity index (χ2n) is 5.40. The van der Waals surface area contributed by atoms with Crippen molar-refractivity contribution in [3.8, 4) is 5.75 Å². The SMILES string of the molecule is COc1ccc(CC/C(C)=N\NC(=O)Cn2ccccc2=O)cc1. The Morgan fingerprint density at radius 1 is 1.21 bits per heavy atom. The van der Waals surface area contributed by atoms with Crippen molar-refractivity contribution in [1.29, 1.82) is 0 Å². The molecule has 0 aliphatic rings. The summed E-state index contributed by atoms with van der Waals surface area (Å²) in [6.07, 6.45) is 3.13. The van der Waals surface area contributed by atoms with Gasteiger partial charge in [0.05, 0.1) is 7.11 Å². The molecule has 1 aromatic heterocycles. The average Bonchev–Trinajstić information content (AvgIpc) is 2.60. The second-order valence-corrected chi connectivity index (χ2v) is 5.40. The van der Waals surface area contributed by atoms with Gasteiger partial charge in [0, 0.05) is 18.0 Å². The molecule has 1 heterocycles. The molecule has 0 atom stereocenters. The van der Waals surface area contributed by atoms with E-state index in [-0.39, 0.29) is 18.0 Å². The maximum atomic E-state index is 11.8. The van der Waals surface area contributed by atoms with Crippen LogP contribution in [-0.4, -0.2) is 23.3 Å². The number of benzene rings is 1. The summed E-state index contributed by atoms with van der Waals surface area (Å²) in [6, 6.07) is 12.6. The summed E-state index contributed by atoms with van der Waals surface area (Å²) in [5.74, 6) is 0.500.